The van der Waals surface area contributed by atoms with Crippen LogP contribution in [0.15, 0.2) is 0 Å². The predicted molar refractivity (Wildman–Crippen MR) is 62.8 cm³/mol. The van der Waals surface area contributed by atoms with Crippen molar-refractivity contribution in [1.29, 1.82) is 0 Å². The number of hydrogen-bond acceptors (Lipinski definition) is 3. The average Bonchev–Trinajstić information content (AvgIpc) is 1.82. The highest BCUT2D eigenvalue weighted by Crippen LogP contribution is 2.28. The van der Waals surface area contributed by atoms with Gasteiger partial charge >= 0.3 is 0 Å². The Morgan fingerprint density at radius 2 is 1.62 bits per heavy atom. The minimum Gasteiger partial charge on any atom is -0.271 e. The van der Waals surface area contributed by atoms with E-state index in [1.807, 2.05) is 11.8 Å². The fourth-order valence-corrected chi connectivity index (χ4v) is 2.14. The van der Waals surface area contributed by atoms with Crippen molar-refractivity contribution in [2.24, 2.45) is 11.3 Å². The van der Waals surface area contributed by atoms with Crippen LogP contribution in [0.4, 0.5) is 0 Å². The maximum absolute atomic E-state index is 5.52. The first-order valence-electron chi connectivity index (χ1n) is 4.77. The van der Waals surface area contributed by atoms with Crippen molar-refractivity contribution in [2.75, 3.05) is 5.75 Å². The van der Waals surface area contributed by atoms with Crippen LogP contribution in [0.1, 0.15) is 41.5 Å². The molecule has 3 N–H and O–H groups in total. The quantitative estimate of drug-likeness (QED) is 0.547. The molecule has 80 valence electrons. The number of thioether (sulfide) groups is 1. The van der Waals surface area contributed by atoms with Gasteiger partial charge in [-0.2, -0.15) is 11.8 Å². The van der Waals surface area contributed by atoms with E-state index in [0.29, 0.717) is 10.8 Å². The van der Waals surface area contributed by atoms with Crippen LogP contribution in [0.2, 0.25) is 0 Å². The van der Waals surface area contributed by atoms with Crippen molar-refractivity contribution in [3.05, 3.63) is 0 Å². The summed E-state index contributed by atoms with van der Waals surface area (Å²) in [7, 11) is 0. The molecule has 0 aliphatic carbocycles. The van der Waals surface area contributed by atoms with Gasteiger partial charge in [-0.1, -0.05) is 41.5 Å². The van der Waals surface area contributed by atoms with E-state index in [1.54, 1.807) is 0 Å². The summed E-state index contributed by atoms with van der Waals surface area (Å²) in [6, 6.07) is 0.372. The Morgan fingerprint density at radius 3 is 1.85 bits per heavy atom. The summed E-state index contributed by atoms with van der Waals surface area (Å²) in [6.07, 6.45) is 0. The largest absolute Gasteiger partial charge is 0.271 e. The molecule has 0 saturated carbocycles. The normalized spacial score (nSPS) is 15.9. The molecule has 0 aromatic carbocycles. The van der Waals surface area contributed by atoms with Crippen molar-refractivity contribution < 1.29 is 0 Å². The Bertz CT molecular complexity index is 144. The Kier molecular flexibility index (Phi) is 4.77. The number of nitrogens with two attached hydrogens (primary N) is 1. The average molecular weight is 204 g/mol. The summed E-state index contributed by atoms with van der Waals surface area (Å²) in [5.74, 6) is 6.58. The second-order valence-electron chi connectivity index (χ2n) is 5.51. The van der Waals surface area contributed by atoms with E-state index in [9.17, 15) is 0 Å². The van der Waals surface area contributed by atoms with E-state index < -0.39 is 0 Å². The van der Waals surface area contributed by atoms with Gasteiger partial charge in [0.05, 0.1) is 0 Å². The number of nitrogens with one attached hydrogen (secondary N) is 1. The molecule has 0 aliphatic rings. The molecule has 2 nitrogen and oxygen atoms in total. The van der Waals surface area contributed by atoms with E-state index in [2.05, 4.69) is 47.0 Å². The highest BCUT2D eigenvalue weighted by molar-refractivity contribution is 8.00. The second-order valence-corrected chi connectivity index (χ2v) is 7.36. The van der Waals surface area contributed by atoms with Crippen LogP contribution in [0.25, 0.3) is 0 Å². The van der Waals surface area contributed by atoms with Gasteiger partial charge in [0.15, 0.2) is 0 Å². The van der Waals surface area contributed by atoms with Crippen molar-refractivity contribution in [3.63, 3.8) is 0 Å². The molecule has 0 bridgehead atoms. The molecule has 1 unspecified atom stereocenters. The van der Waals surface area contributed by atoms with Gasteiger partial charge in [-0.05, 0) is 5.41 Å². The van der Waals surface area contributed by atoms with Crippen LogP contribution in [-0.2, 0) is 0 Å². The first-order chi connectivity index (χ1) is 5.67. The third-order valence-electron chi connectivity index (χ3n) is 1.93. The zero-order chi connectivity index (χ0) is 10.7. The standard InChI is InChI=1S/C10H24N2S/c1-9(2,3)8(12-11)7-13-10(4,5)6/h8,12H,7,11H2,1-6H3. The molecule has 0 aromatic rings. The third kappa shape index (κ3) is 6.36. The molecule has 0 amide bonds. The van der Waals surface area contributed by atoms with Crippen LogP contribution >= 0.6 is 11.8 Å². The lowest BCUT2D eigenvalue weighted by atomic mass is 9.88. The maximum atomic E-state index is 5.52. The second kappa shape index (κ2) is 4.67. The van der Waals surface area contributed by atoms with E-state index in [0.717, 1.165) is 5.75 Å². The molecule has 0 radical (unpaired) electrons. The molecule has 0 aliphatic heterocycles. The van der Waals surface area contributed by atoms with Crippen molar-refractivity contribution in [2.45, 2.75) is 52.3 Å². The smallest absolute Gasteiger partial charge is 0.0349 e. The van der Waals surface area contributed by atoms with Crippen LogP contribution in [-0.4, -0.2) is 16.5 Å². The van der Waals surface area contributed by atoms with Gasteiger partial charge in [-0.25, -0.2) is 0 Å². The molecule has 0 saturated heterocycles. The number of hydrazine groups is 1. The summed E-state index contributed by atoms with van der Waals surface area (Å²) >= 11 is 1.95. The zero-order valence-corrected chi connectivity index (χ0v) is 10.6. The lowest BCUT2D eigenvalue weighted by Crippen LogP contribution is -2.46. The van der Waals surface area contributed by atoms with Gasteiger partial charge in [0, 0.05) is 16.5 Å². The number of hydrogen-bond donors (Lipinski definition) is 2. The maximum Gasteiger partial charge on any atom is 0.0349 e. The van der Waals surface area contributed by atoms with Gasteiger partial charge < -0.3 is 0 Å². The van der Waals surface area contributed by atoms with Crippen LogP contribution in [0.3, 0.4) is 0 Å². The minimum atomic E-state index is 0.229. The first-order valence-corrected chi connectivity index (χ1v) is 5.75. The van der Waals surface area contributed by atoms with Gasteiger partial charge in [0.2, 0.25) is 0 Å². The topological polar surface area (TPSA) is 38.0 Å². The molecule has 13 heavy (non-hydrogen) atoms. The van der Waals surface area contributed by atoms with Crippen LogP contribution < -0.4 is 11.3 Å². The van der Waals surface area contributed by atoms with Crippen LogP contribution in [0.5, 0.6) is 0 Å². The summed E-state index contributed by atoms with van der Waals surface area (Å²) < 4.78 is 0.320. The van der Waals surface area contributed by atoms with Crippen LogP contribution in [0, 0.1) is 5.41 Å². The Balaban J connectivity index is 4.02. The predicted octanol–water partition coefficient (Wildman–Crippen LogP) is 2.40. The van der Waals surface area contributed by atoms with Gasteiger partial charge in [-0.15, -0.1) is 0 Å². The zero-order valence-electron chi connectivity index (χ0n) is 9.77. The third-order valence-corrected chi connectivity index (χ3v) is 3.30. The molecule has 0 fully saturated rings. The fraction of sp³-hybridized carbons (Fsp3) is 1.00. The highest BCUT2D eigenvalue weighted by Gasteiger charge is 2.25. The van der Waals surface area contributed by atoms with E-state index >= 15 is 0 Å². The summed E-state index contributed by atoms with van der Waals surface area (Å²) in [6.45, 7) is 13.3. The van der Waals surface area contributed by atoms with Crippen molar-refractivity contribution in [3.8, 4) is 0 Å². The monoisotopic (exact) mass is 204 g/mol. The first kappa shape index (κ1) is 13.3. The molecule has 0 spiro atoms. The van der Waals surface area contributed by atoms with E-state index in [-0.39, 0.29) is 5.41 Å². The Hall–Kier alpha value is 0.270. The lowest BCUT2D eigenvalue weighted by molar-refractivity contribution is 0.294. The number of rotatable bonds is 3. The molecule has 0 rings (SSSR count). The summed E-state index contributed by atoms with van der Waals surface area (Å²) in [4.78, 5) is 0. The van der Waals surface area contributed by atoms with Gasteiger partial charge in [-0.3, -0.25) is 11.3 Å². The molecule has 3 heteroatoms. The van der Waals surface area contributed by atoms with Gasteiger partial charge in [0.25, 0.3) is 0 Å². The SMILES string of the molecule is CC(C)(C)SCC(NN)C(C)(C)C. The van der Waals surface area contributed by atoms with Gasteiger partial charge in [0.1, 0.15) is 0 Å². The molecule has 0 aromatic heterocycles. The molecule has 0 heterocycles. The fourth-order valence-electron chi connectivity index (χ4n) is 0.881. The van der Waals surface area contributed by atoms with Crippen molar-refractivity contribution in [1.82, 2.24) is 5.43 Å². The molecule has 1 atom stereocenters. The summed E-state index contributed by atoms with van der Waals surface area (Å²) in [5.41, 5.74) is 3.12. The van der Waals surface area contributed by atoms with E-state index in [1.165, 1.54) is 0 Å². The summed E-state index contributed by atoms with van der Waals surface area (Å²) in [5, 5.41) is 0. The highest BCUT2D eigenvalue weighted by atomic mass is 32.2. The molecular formula is C10H24N2S. The Morgan fingerprint density at radius 1 is 1.15 bits per heavy atom. The van der Waals surface area contributed by atoms with Crippen molar-refractivity contribution >= 4 is 11.8 Å². The Labute approximate surface area is 87.0 Å². The lowest BCUT2D eigenvalue weighted by Gasteiger charge is -2.32. The molecular weight excluding hydrogens is 180 g/mol. The van der Waals surface area contributed by atoms with E-state index in [4.69, 9.17) is 5.84 Å². The minimum absolute atomic E-state index is 0.229.